The lowest BCUT2D eigenvalue weighted by Gasteiger charge is -2.39. The summed E-state index contributed by atoms with van der Waals surface area (Å²) in [7, 11) is 5.50. The van der Waals surface area contributed by atoms with Gasteiger partial charge in [0.05, 0.1) is 12.6 Å². The quantitative estimate of drug-likeness (QED) is 0.303. The van der Waals surface area contributed by atoms with E-state index in [0.717, 1.165) is 26.5 Å². The third-order valence-electron chi connectivity index (χ3n) is 6.15. The summed E-state index contributed by atoms with van der Waals surface area (Å²) in [6, 6.07) is 23.9. The average molecular weight is 523 g/mol. The van der Waals surface area contributed by atoms with Gasteiger partial charge in [0.2, 0.25) is 5.88 Å². The number of fused-ring (bicyclic) bond motifs is 1. The third kappa shape index (κ3) is 4.99. The zero-order valence-corrected chi connectivity index (χ0v) is 21.1. The van der Waals surface area contributed by atoms with Crippen LogP contribution in [-0.4, -0.2) is 42.7 Å². The predicted octanol–water partition coefficient (Wildman–Crippen LogP) is 6.12. The maximum atomic E-state index is 14.4. The molecule has 0 aliphatic heterocycles. The van der Waals surface area contributed by atoms with Gasteiger partial charge in [-0.2, -0.15) is 0 Å². The molecule has 1 aromatic heterocycles. The van der Waals surface area contributed by atoms with E-state index in [9.17, 15) is 9.50 Å². The second-order valence-corrected chi connectivity index (χ2v) is 9.67. The summed E-state index contributed by atoms with van der Waals surface area (Å²) in [5.74, 6) is -0.509. The molecule has 0 aliphatic carbocycles. The van der Waals surface area contributed by atoms with Gasteiger partial charge in [-0.05, 0) is 68.0 Å². The number of hydrogen-bond donors (Lipinski definition) is 1. The van der Waals surface area contributed by atoms with Crippen molar-refractivity contribution in [2.75, 3.05) is 27.7 Å². The number of ether oxygens (including phenoxy) is 1. The minimum absolute atomic E-state index is 0.378. The third-order valence-corrected chi connectivity index (χ3v) is 6.64. The fraction of sp³-hybridized carbons (Fsp3) is 0.250. The lowest BCUT2D eigenvalue weighted by atomic mass is 9.71. The smallest absolute Gasteiger partial charge is 0.217 e. The molecule has 0 spiro atoms. The van der Waals surface area contributed by atoms with Crippen molar-refractivity contribution in [1.29, 1.82) is 0 Å². The lowest BCUT2D eigenvalue weighted by molar-refractivity contribution is 0.00354. The molecular weight excluding hydrogens is 495 g/mol. The summed E-state index contributed by atoms with van der Waals surface area (Å²) in [5.41, 5.74) is 1.51. The van der Waals surface area contributed by atoms with Gasteiger partial charge in [0.1, 0.15) is 11.4 Å². The molecule has 6 heteroatoms. The highest BCUT2D eigenvalue weighted by Gasteiger charge is 2.42. The van der Waals surface area contributed by atoms with E-state index in [1.165, 1.54) is 12.1 Å². The van der Waals surface area contributed by atoms with E-state index in [0.29, 0.717) is 24.4 Å². The Balaban J connectivity index is 2.02. The van der Waals surface area contributed by atoms with Crippen LogP contribution >= 0.6 is 15.9 Å². The topological polar surface area (TPSA) is 45.6 Å². The second kappa shape index (κ2) is 10.2. The zero-order valence-electron chi connectivity index (χ0n) is 19.5. The highest BCUT2D eigenvalue weighted by Crippen LogP contribution is 2.47. The summed E-state index contributed by atoms with van der Waals surface area (Å²) in [6.07, 6.45) is 0.378. The van der Waals surface area contributed by atoms with Crippen molar-refractivity contribution in [3.8, 4) is 5.88 Å². The molecule has 4 aromatic rings. The molecule has 1 N–H and O–H groups in total. The van der Waals surface area contributed by atoms with Crippen LogP contribution in [0.25, 0.3) is 10.9 Å². The van der Waals surface area contributed by atoms with E-state index in [4.69, 9.17) is 9.72 Å². The molecule has 0 aliphatic rings. The lowest BCUT2D eigenvalue weighted by Crippen LogP contribution is -2.38. The molecular formula is C28H28BrFN2O2. The van der Waals surface area contributed by atoms with E-state index in [-0.39, 0.29) is 5.82 Å². The first-order chi connectivity index (χ1) is 16.3. The summed E-state index contributed by atoms with van der Waals surface area (Å²) in [6.45, 7) is 0.602. The van der Waals surface area contributed by atoms with Crippen molar-refractivity contribution < 1.29 is 14.2 Å². The Morgan fingerprint density at radius 3 is 2.47 bits per heavy atom. The summed E-state index contributed by atoms with van der Waals surface area (Å²) < 4.78 is 21.1. The van der Waals surface area contributed by atoms with Crippen molar-refractivity contribution in [2.45, 2.75) is 17.9 Å². The first kappa shape index (κ1) is 24.3. The number of hydrogen-bond acceptors (Lipinski definition) is 4. The Morgan fingerprint density at radius 1 is 1.03 bits per heavy atom. The summed E-state index contributed by atoms with van der Waals surface area (Å²) in [5, 5.41) is 13.4. The van der Waals surface area contributed by atoms with Gasteiger partial charge in [-0.25, -0.2) is 9.37 Å². The van der Waals surface area contributed by atoms with Crippen molar-refractivity contribution >= 4 is 26.8 Å². The molecule has 2 atom stereocenters. The monoisotopic (exact) mass is 522 g/mol. The van der Waals surface area contributed by atoms with E-state index >= 15 is 0 Å². The van der Waals surface area contributed by atoms with Gasteiger partial charge in [0.15, 0.2) is 0 Å². The van der Waals surface area contributed by atoms with Crippen LogP contribution in [0.3, 0.4) is 0 Å². The molecule has 0 unspecified atom stereocenters. The normalized spacial score (nSPS) is 14.2. The van der Waals surface area contributed by atoms with Crippen LogP contribution in [0.4, 0.5) is 4.39 Å². The van der Waals surface area contributed by atoms with Gasteiger partial charge >= 0.3 is 0 Å². The van der Waals surface area contributed by atoms with Crippen LogP contribution in [-0.2, 0) is 5.60 Å². The van der Waals surface area contributed by atoms with Crippen LogP contribution in [0.5, 0.6) is 5.88 Å². The number of aromatic nitrogens is 1. The number of methoxy groups -OCH3 is 1. The number of rotatable bonds is 8. The first-order valence-electron chi connectivity index (χ1n) is 11.1. The van der Waals surface area contributed by atoms with E-state index in [1.807, 2.05) is 73.6 Å². The number of pyridine rings is 1. The van der Waals surface area contributed by atoms with Crippen LogP contribution in [0.15, 0.2) is 83.3 Å². The maximum Gasteiger partial charge on any atom is 0.217 e. The zero-order chi connectivity index (χ0) is 24.3. The minimum atomic E-state index is -1.43. The molecule has 0 saturated heterocycles. The Bertz CT molecular complexity index is 1280. The maximum absolute atomic E-state index is 14.4. The Kier molecular flexibility index (Phi) is 7.31. The Morgan fingerprint density at radius 2 is 1.79 bits per heavy atom. The minimum Gasteiger partial charge on any atom is -0.481 e. The van der Waals surface area contributed by atoms with Gasteiger partial charge in [-0.1, -0.05) is 58.4 Å². The Labute approximate surface area is 208 Å². The van der Waals surface area contributed by atoms with E-state index in [1.54, 1.807) is 19.2 Å². The molecule has 0 fully saturated rings. The number of aliphatic hydroxyl groups is 1. The second-order valence-electron chi connectivity index (χ2n) is 8.76. The molecule has 176 valence electrons. The standard InChI is InChI=1S/C28H28BrFN2O2/c1-32(2)15-14-28(33,21-10-7-11-23(30)18-21)26(19-8-5-4-6-9-19)24-17-20-16-22(29)12-13-25(20)31-27(24)34-3/h4-13,16-18,26,33H,14-15H2,1-3H3/t26-,28+/m1/s1. The number of benzene rings is 3. The molecule has 34 heavy (non-hydrogen) atoms. The van der Waals surface area contributed by atoms with Crippen LogP contribution in [0, 0.1) is 5.82 Å². The SMILES string of the molecule is COc1nc2ccc(Br)cc2cc1[C@@H](c1ccccc1)[C@](O)(CCN(C)C)c1cccc(F)c1. The first-order valence-corrected chi connectivity index (χ1v) is 11.9. The summed E-state index contributed by atoms with van der Waals surface area (Å²) >= 11 is 3.54. The van der Waals surface area contributed by atoms with Crippen molar-refractivity contribution in [1.82, 2.24) is 9.88 Å². The molecule has 4 nitrogen and oxygen atoms in total. The highest BCUT2D eigenvalue weighted by molar-refractivity contribution is 9.10. The molecule has 0 bridgehead atoms. The van der Waals surface area contributed by atoms with Crippen LogP contribution in [0.1, 0.15) is 29.0 Å². The van der Waals surface area contributed by atoms with Gasteiger partial charge in [-0.3, -0.25) is 0 Å². The molecule has 0 amide bonds. The van der Waals surface area contributed by atoms with Crippen molar-refractivity contribution in [3.63, 3.8) is 0 Å². The van der Waals surface area contributed by atoms with Crippen LogP contribution < -0.4 is 4.74 Å². The van der Waals surface area contributed by atoms with Gasteiger partial charge in [0.25, 0.3) is 0 Å². The molecule has 4 rings (SSSR count). The van der Waals surface area contributed by atoms with Gasteiger partial charge in [0, 0.05) is 27.9 Å². The molecule has 3 aromatic carbocycles. The van der Waals surface area contributed by atoms with Crippen molar-refractivity contribution in [3.05, 3.63) is 106 Å². The molecule has 0 saturated carbocycles. The fourth-order valence-corrected chi connectivity index (χ4v) is 4.86. The average Bonchev–Trinajstić information content (AvgIpc) is 2.83. The molecule has 1 heterocycles. The number of halogens is 2. The predicted molar refractivity (Wildman–Crippen MR) is 138 cm³/mol. The van der Waals surface area contributed by atoms with E-state index in [2.05, 4.69) is 15.9 Å². The number of nitrogens with zero attached hydrogens (tertiary/aromatic N) is 2. The van der Waals surface area contributed by atoms with Gasteiger partial charge in [-0.15, -0.1) is 0 Å². The largest absolute Gasteiger partial charge is 0.481 e. The van der Waals surface area contributed by atoms with Crippen molar-refractivity contribution in [2.24, 2.45) is 0 Å². The van der Waals surface area contributed by atoms with E-state index < -0.39 is 11.5 Å². The fourth-order valence-electron chi connectivity index (χ4n) is 4.48. The highest BCUT2D eigenvalue weighted by atomic mass is 79.9. The van der Waals surface area contributed by atoms with Crippen LogP contribution in [0.2, 0.25) is 0 Å². The van der Waals surface area contributed by atoms with Gasteiger partial charge < -0.3 is 14.7 Å². The Hall–Kier alpha value is -2.80. The molecule has 0 radical (unpaired) electrons. The summed E-state index contributed by atoms with van der Waals surface area (Å²) in [4.78, 5) is 6.78.